The van der Waals surface area contributed by atoms with E-state index in [2.05, 4.69) is 0 Å². The highest BCUT2D eigenvalue weighted by molar-refractivity contribution is 5.82. The largest absolute Gasteiger partial charge is 0.481 e. The van der Waals surface area contributed by atoms with E-state index in [4.69, 9.17) is 5.11 Å². The van der Waals surface area contributed by atoms with Gasteiger partial charge in [0, 0.05) is 25.1 Å². The molecule has 0 amide bonds. The molecule has 1 N–H and O–H groups in total. The summed E-state index contributed by atoms with van der Waals surface area (Å²) in [5, 5.41) is 10.1. The molecule has 1 heterocycles. The summed E-state index contributed by atoms with van der Waals surface area (Å²) in [6.45, 7) is 0. The molecule has 0 fully saturated rings. The molecule has 0 saturated heterocycles. The van der Waals surface area contributed by atoms with E-state index in [1.807, 2.05) is 18.2 Å². The Bertz CT molecular complexity index is 628. The number of carboxylic acid groups (broad SMARTS) is 1. The van der Waals surface area contributed by atoms with Gasteiger partial charge in [0.15, 0.2) is 0 Å². The zero-order valence-electron chi connectivity index (χ0n) is 9.51. The maximum Gasteiger partial charge on any atom is 0.303 e. The number of benzene rings is 1. The maximum atomic E-state index is 11.9. The lowest BCUT2D eigenvalue weighted by molar-refractivity contribution is -0.136. The monoisotopic (exact) mass is 231 g/mol. The number of pyridine rings is 1. The Morgan fingerprint density at radius 3 is 2.82 bits per heavy atom. The lowest BCUT2D eigenvalue weighted by atomic mass is 10.1. The quantitative estimate of drug-likeness (QED) is 0.872. The van der Waals surface area contributed by atoms with Crippen LogP contribution in [0.15, 0.2) is 35.3 Å². The fourth-order valence-electron chi connectivity index (χ4n) is 1.79. The first-order valence-electron chi connectivity index (χ1n) is 5.38. The first kappa shape index (κ1) is 11.4. The van der Waals surface area contributed by atoms with Crippen molar-refractivity contribution >= 4 is 16.7 Å². The van der Waals surface area contributed by atoms with E-state index in [-0.39, 0.29) is 12.0 Å². The van der Waals surface area contributed by atoms with Crippen LogP contribution >= 0.6 is 0 Å². The summed E-state index contributed by atoms with van der Waals surface area (Å²) in [7, 11) is 1.70. The fourth-order valence-corrected chi connectivity index (χ4v) is 1.79. The van der Waals surface area contributed by atoms with Gasteiger partial charge in [-0.25, -0.2) is 0 Å². The molecule has 4 nitrogen and oxygen atoms in total. The summed E-state index contributed by atoms with van der Waals surface area (Å²) in [6.07, 6.45) is 2.25. The molecule has 17 heavy (non-hydrogen) atoms. The summed E-state index contributed by atoms with van der Waals surface area (Å²) in [6, 6.07) is 7.37. The topological polar surface area (TPSA) is 59.3 Å². The first-order chi connectivity index (χ1) is 8.08. The van der Waals surface area contributed by atoms with Crippen LogP contribution in [0.1, 0.15) is 12.0 Å². The molecule has 0 bridgehead atoms. The number of aromatic nitrogens is 1. The number of hydrogen-bond acceptors (Lipinski definition) is 2. The van der Waals surface area contributed by atoms with Gasteiger partial charge in [0.25, 0.3) is 5.56 Å². The van der Waals surface area contributed by atoms with Crippen molar-refractivity contribution in [2.45, 2.75) is 12.8 Å². The Balaban J connectivity index is 2.45. The van der Waals surface area contributed by atoms with Gasteiger partial charge in [-0.3, -0.25) is 9.59 Å². The number of nitrogens with zero attached hydrogens (tertiary/aromatic N) is 1. The molecule has 2 aromatic rings. The molecule has 0 aliphatic heterocycles. The van der Waals surface area contributed by atoms with Crippen molar-refractivity contribution in [3.05, 3.63) is 46.4 Å². The maximum absolute atomic E-state index is 11.9. The van der Waals surface area contributed by atoms with Crippen molar-refractivity contribution in [3.63, 3.8) is 0 Å². The SMILES string of the molecule is Cn1ccc2ccc(CCC(=O)O)cc2c1=O. The van der Waals surface area contributed by atoms with Gasteiger partial charge >= 0.3 is 5.97 Å². The van der Waals surface area contributed by atoms with Crippen molar-refractivity contribution in [3.8, 4) is 0 Å². The lowest BCUT2D eigenvalue weighted by Gasteiger charge is -2.04. The van der Waals surface area contributed by atoms with Crippen LogP contribution in [0.25, 0.3) is 10.8 Å². The van der Waals surface area contributed by atoms with Crippen LogP contribution in [0, 0.1) is 0 Å². The van der Waals surface area contributed by atoms with Crippen molar-refractivity contribution < 1.29 is 9.90 Å². The van der Waals surface area contributed by atoms with Crippen LogP contribution in [-0.2, 0) is 18.3 Å². The average molecular weight is 231 g/mol. The minimum atomic E-state index is -0.828. The number of carboxylic acids is 1. The molecule has 0 spiro atoms. The van der Waals surface area contributed by atoms with E-state index in [1.165, 1.54) is 4.57 Å². The molecule has 0 atom stereocenters. The van der Waals surface area contributed by atoms with E-state index in [9.17, 15) is 9.59 Å². The van der Waals surface area contributed by atoms with Crippen molar-refractivity contribution in [1.29, 1.82) is 0 Å². The minimum absolute atomic E-state index is 0.0559. The van der Waals surface area contributed by atoms with Crippen molar-refractivity contribution in [1.82, 2.24) is 4.57 Å². The van der Waals surface area contributed by atoms with Crippen LogP contribution in [0.5, 0.6) is 0 Å². The smallest absolute Gasteiger partial charge is 0.303 e. The molecular formula is C13H13NO3. The first-order valence-corrected chi connectivity index (χ1v) is 5.38. The number of hydrogen-bond donors (Lipinski definition) is 1. The fraction of sp³-hybridized carbons (Fsp3) is 0.231. The highest BCUT2D eigenvalue weighted by atomic mass is 16.4. The van der Waals surface area contributed by atoms with Crippen LogP contribution < -0.4 is 5.56 Å². The van der Waals surface area contributed by atoms with Crippen molar-refractivity contribution in [2.24, 2.45) is 7.05 Å². The van der Waals surface area contributed by atoms with Gasteiger partial charge in [0.05, 0.1) is 0 Å². The summed E-state index contributed by atoms with van der Waals surface area (Å²) >= 11 is 0. The molecule has 0 radical (unpaired) electrons. The zero-order chi connectivity index (χ0) is 12.4. The van der Waals surface area contributed by atoms with E-state index >= 15 is 0 Å². The predicted molar refractivity (Wildman–Crippen MR) is 65.1 cm³/mol. The van der Waals surface area contributed by atoms with Crippen LogP contribution in [0.2, 0.25) is 0 Å². The third-order valence-electron chi connectivity index (χ3n) is 2.77. The Morgan fingerprint density at radius 2 is 2.12 bits per heavy atom. The number of carbonyl (C=O) groups is 1. The molecule has 1 aromatic heterocycles. The Kier molecular flexibility index (Phi) is 2.95. The van der Waals surface area contributed by atoms with Crippen LogP contribution in [0.4, 0.5) is 0 Å². The Morgan fingerprint density at radius 1 is 1.35 bits per heavy atom. The summed E-state index contributed by atoms with van der Waals surface area (Å²) in [5.74, 6) is -0.828. The van der Waals surface area contributed by atoms with E-state index < -0.39 is 5.97 Å². The highest BCUT2D eigenvalue weighted by Crippen LogP contribution is 2.13. The standard InChI is InChI=1S/C13H13NO3/c1-14-7-6-10-4-2-9(3-5-12(15)16)8-11(10)13(14)17/h2,4,6-8H,3,5H2,1H3,(H,15,16). The Labute approximate surface area is 98.1 Å². The van der Waals surface area contributed by atoms with E-state index in [1.54, 1.807) is 19.3 Å². The molecule has 0 aliphatic rings. The number of fused-ring (bicyclic) bond motifs is 1. The van der Waals surface area contributed by atoms with Crippen molar-refractivity contribution in [2.75, 3.05) is 0 Å². The molecular weight excluding hydrogens is 218 g/mol. The van der Waals surface area contributed by atoms with Gasteiger partial charge in [0.1, 0.15) is 0 Å². The van der Waals surface area contributed by atoms with Gasteiger partial charge < -0.3 is 9.67 Å². The van der Waals surface area contributed by atoms with Gasteiger partial charge in [-0.1, -0.05) is 12.1 Å². The van der Waals surface area contributed by atoms with E-state index in [0.717, 1.165) is 10.9 Å². The van der Waals surface area contributed by atoms with Crippen LogP contribution in [-0.4, -0.2) is 15.6 Å². The summed E-state index contributed by atoms with van der Waals surface area (Å²) in [4.78, 5) is 22.4. The third-order valence-corrected chi connectivity index (χ3v) is 2.77. The third kappa shape index (κ3) is 2.36. The van der Waals surface area contributed by atoms with Gasteiger partial charge in [-0.05, 0) is 29.5 Å². The second-order valence-corrected chi connectivity index (χ2v) is 4.05. The lowest BCUT2D eigenvalue weighted by Crippen LogP contribution is -2.15. The molecule has 0 unspecified atom stereocenters. The molecule has 0 aliphatic carbocycles. The normalized spacial score (nSPS) is 10.6. The number of aryl methyl sites for hydroxylation is 2. The highest BCUT2D eigenvalue weighted by Gasteiger charge is 2.03. The summed E-state index contributed by atoms with van der Waals surface area (Å²) in [5.41, 5.74) is 0.822. The molecule has 88 valence electrons. The van der Waals surface area contributed by atoms with E-state index in [0.29, 0.717) is 11.8 Å². The average Bonchev–Trinajstić information content (AvgIpc) is 2.31. The summed E-state index contributed by atoms with van der Waals surface area (Å²) < 4.78 is 1.52. The van der Waals surface area contributed by atoms with Crippen LogP contribution in [0.3, 0.4) is 0 Å². The van der Waals surface area contributed by atoms with Gasteiger partial charge in [0.2, 0.25) is 0 Å². The van der Waals surface area contributed by atoms with Gasteiger partial charge in [-0.15, -0.1) is 0 Å². The van der Waals surface area contributed by atoms with Gasteiger partial charge in [-0.2, -0.15) is 0 Å². The predicted octanol–water partition coefficient (Wildman–Crippen LogP) is 1.56. The number of aliphatic carboxylic acids is 1. The zero-order valence-corrected chi connectivity index (χ0v) is 9.51. The molecule has 0 saturated carbocycles. The molecule has 2 rings (SSSR count). The molecule has 4 heteroatoms. The number of rotatable bonds is 3. The minimum Gasteiger partial charge on any atom is -0.481 e. The second-order valence-electron chi connectivity index (χ2n) is 4.05. The Hall–Kier alpha value is -2.10. The molecule has 1 aromatic carbocycles. The second kappa shape index (κ2) is 4.41.